The zero-order valence-electron chi connectivity index (χ0n) is 9.16. The van der Waals surface area contributed by atoms with Crippen LogP contribution in [0.4, 0.5) is 13.2 Å². The SMILES string of the molecule is O=C(O)C1CNCCN1CCOCC(F)(F)F. The molecule has 0 aliphatic carbocycles. The second kappa shape index (κ2) is 6.18. The van der Waals surface area contributed by atoms with Crippen LogP contribution in [0.1, 0.15) is 0 Å². The Kier molecular flexibility index (Phi) is 5.16. The van der Waals surface area contributed by atoms with Gasteiger partial charge in [-0.15, -0.1) is 0 Å². The van der Waals surface area contributed by atoms with Gasteiger partial charge in [0, 0.05) is 26.2 Å². The van der Waals surface area contributed by atoms with Crippen LogP contribution in [0, 0.1) is 0 Å². The van der Waals surface area contributed by atoms with E-state index in [2.05, 4.69) is 10.1 Å². The van der Waals surface area contributed by atoms with Crippen LogP contribution in [-0.2, 0) is 9.53 Å². The molecule has 2 N–H and O–H groups in total. The maximum atomic E-state index is 11.8. The molecule has 1 aliphatic heterocycles. The first-order valence-electron chi connectivity index (χ1n) is 5.22. The van der Waals surface area contributed by atoms with E-state index in [0.717, 1.165) is 0 Å². The van der Waals surface area contributed by atoms with Gasteiger partial charge in [0.2, 0.25) is 0 Å². The lowest BCUT2D eigenvalue weighted by Gasteiger charge is -2.33. The first-order chi connectivity index (χ1) is 7.90. The van der Waals surface area contributed by atoms with E-state index in [0.29, 0.717) is 19.6 Å². The molecule has 1 atom stereocenters. The molecule has 8 heteroatoms. The van der Waals surface area contributed by atoms with Gasteiger partial charge in [-0.1, -0.05) is 0 Å². The number of carbonyl (C=O) groups is 1. The van der Waals surface area contributed by atoms with E-state index in [4.69, 9.17) is 5.11 Å². The van der Waals surface area contributed by atoms with Crippen molar-refractivity contribution in [3.63, 3.8) is 0 Å². The van der Waals surface area contributed by atoms with Crippen LogP contribution >= 0.6 is 0 Å². The van der Waals surface area contributed by atoms with Gasteiger partial charge in [0.25, 0.3) is 0 Å². The van der Waals surface area contributed by atoms with Crippen LogP contribution in [0.25, 0.3) is 0 Å². The Bertz CT molecular complexity index is 260. The van der Waals surface area contributed by atoms with E-state index in [1.54, 1.807) is 4.90 Å². The highest BCUT2D eigenvalue weighted by Crippen LogP contribution is 2.14. The van der Waals surface area contributed by atoms with Gasteiger partial charge in [0.1, 0.15) is 12.6 Å². The van der Waals surface area contributed by atoms with E-state index in [1.807, 2.05) is 0 Å². The summed E-state index contributed by atoms with van der Waals surface area (Å²) in [5.74, 6) is -0.979. The number of carboxylic acids is 1. The molecule has 17 heavy (non-hydrogen) atoms. The van der Waals surface area contributed by atoms with Crippen LogP contribution in [0.15, 0.2) is 0 Å². The summed E-state index contributed by atoms with van der Waals surface area (Å²) in [6.45, 7) is 0.193. The number of piperazine rings is 1. The van der Waals surface area contributed by atoms with E-state index in [1.165, 1.54) is 0 Å². The summed E-state index contributed by atoms with van der Waals surface area (Å²) in [7, 11) is 0. The Morgan fingerprint density at radius 1 is 1.53 bits per heavy atom. The molecule has 0 spiro atoms. The maximum Gasteiger partial charge on any atom is 0.411 e. The van der Waals surface area contributed by atoms with Gasteiger partial charge < -0.3 is 15.2 Å². The zero-order valence-corrected chi connectivity index (χ0v) is 9.16. The zero-order chi connectivity index (χ0) is 12.9. The summed E-state index contributed by atoms with van der Waals surface area (Å²) in [5.41, 5.74) is 0. The Balaban J connectivity index is 2.26. The minimum atomic E-state index is -4.34. The number of halogens is 3. The lowest BCUT2D eigenvalue weighted by molar-refractivity contribution is -0.175. The molecule has 0 amide bonds. The molecule has 100 valence electrons. The summed E-state index contributed by atoms with van der Waals surface area (Å²) >= 11 is 0. The monoisotopic (exact) mass is 256 g/mol. The lowest BCUT2D eigenvalue weighted by Crippen LogP contribution is -2.55. The fourth-order valence-corrected chi connectivity index (χ4v) is 1.63. The largest absolute Gasteiger partial charge is 0.480 e. The van der Waals surface area contributed by atoms with Gasteiger partial charge in [-0.25, -0.2) is 0 Å². The Labute approximate surface area is 96.5 Å². The molecule has 0 saturated carbocycles. The van der Waals surface area contributed by atoms with Crippen LogP contribution in [0.5, 0.6) is 0 Å². The summed E-state index contributed by atoms with van der Waals surface area (Å²) in [6, 6.07) is -0.696. The number of rotatable bonds is 5. The molecule has 1 rings (SSSR count). The molecule has 1 aliphatic rings. The van der Waals surface area contributed by atoms with Gasteiger partial charge in [-0.3, -0.25) is 9.69 Å². The number of hydrogen-bond donors (Lipinski definition) is 2. The molecular formula is C9H15F3N2O3. The smallest absolute Gasteiger partial charge is 0.411 e. The number of ether oxygens (including phenoxy) is 1. The molecule has 0 aromatic rings. The van der Waals surface area contributed by atoms with Gasteiger partial charge in [0.05, 0.1) is 6.61 Å². The van der Waals surface area contributed by atoms with Crippen LogP contribution in [0.2, 0.25) is 0 Å². The van der Waals surface area contributed by atoms with E-state index in [9.17, 15) is 18.0 Å². The highest BCUT2D eigenvalue weighted by atomic mass is 19.4. The average molecular weight is 256 g/mol. The molecule has 1 fully saturated rings. The summed E-state index contributed by atoms with van der Waals surface area (Å²) in [4.78, 5) is 12.5. The summed E-state index contributed by atoms with van der Waals surface area (Å²) in [6.07, 6.45) is -4.34. The topological polar surface area (TPSA) is 61.8 Å². The number of hydrogen-bond acceptors (Lipinski definition) is 4. The Hall–Kier alpha value is -0.860. The normalized spacial score (nSPS) is 22.6. The lowest BCUT2D eigenvalue weighted by atomic mass is 10.2. The van der Waals surface area contributed by atoms with Crippen molar-refractivity contribution >= 4 is 5.97 Å². The highest BCUT2D eigenvalue weighted by Gasteiger charge is 2.29. The molecule has 0 aromatic heterocycles. The van der Waals surface area contributed by atoms with E-state index < -0.39 is 24.8 Å². The van der Waals surface area contributed by atoms with Crippen LogP contribution in [0.3, 0.4) is 0 Å². The van der Waals surface area contributed by atoms with E-state index in [-0.39, 0.29) is 13.2 Å². The molecule has 5 nitrogen and oxygen atoms in total. The Morgan fingerprint density at radius 2 is 2.24 bits per heavy atom. The third-order valence-electron chi connectivity index (χ3n) is 2.43. The summed E-state index contributed by atoms with van der Waals surface area (Å²) < 4.78 is 39.8. The van der Waals surface area contributed by atoms with Crippen LogP contribution in [-0.4, -0.2) is 67.6 Å². The van der Waals surface area contributed by atoms with E-state index >= 15 is 0 Å². The minimum Gasteiger partial charge on any atom is -0.480 e. The fourth-order valence-electron chi connectivity index (χ4n) is 1.63. The number of aliphatic carboxylic acids is 1. The second-order valence-corrected chi connectivity index (χ2v) is 3.76. The number of nitrogens with zero attached hydrogens (tertiary/aromatic N) is 1. The molecule has 0 bridgehead atoms. The van der Waals surface area contributed by atoms with Crippen molar-refractivity contribution in [1.29, 1.82) is 0 Å². The van der Waals surface area contributed by atoms with Crippen LogP contribution < -0.4 is 5.32 Å². The predicted octanol–water partition coefficient (Wildman–Crippen LogP) is -0.0763. The maximum absolute atomic E-state index is 11.8. The fraction of sp³-hybridized carbons (Fsp3) is 0.889. The van der Waals surface area contributed by atoms with Gasteiger partial charge in [-0.05, 0) is 0 Å². The third-order valence-corrected chi connectivity index (χ3v) is 2.43. The number of carboxylic acid groups (broad SMARTS) is 1. The second-order valence-electron chi connectivity index (χ2n) is 3.76. The van der Waals surface area contributed by atoms with Crippen molar-refractivity contribution in [2.75, 3.05) is 39.4 Å². The first kappa shape index (κ1) is 14.2. The van der Waals surface area contributed by atoms with Crippen molar-refractivity contribution in [2.24, 2.45) is 0 Å². The Morgan fingerprint density at radius 3 is 2.82 bits per heavy atom. The third kappa shape index (κ3) is 5.33. The predicted molar refractivity (Wildman–Crippen MR) is 52.7 cm³/mol. The number of nitrogens with one attached hydrogen (secondary N) is 1. The standard InChI is InChI=1S/C9H15F3N2O3/c10-9(11,12)6-17-4-3-14-2-1-13-5-7(14)8(15)16/h7,13H,1-6H2,(H,15,16). The van der Waals surface area contributed by atoms with Crippen molar-refractivity contribution in [1.82, 2.24) is 10.2 Å². The first-order valence-corrected chi connectivity index (χ1v) is 5.22. The minimum absolute atomic E-state index is 0.122. The molecule has 1 unspecified atom stereocenters. The average Bonchev–Trinajstić information content (AvgIpc) is 2.23. The molecule has 0 radical (unpaired) electrons. The highest BCUT2D eigenvalue weighted by molar-refractivity contribution is 5.73. The quantitative estimate of drug-likeness (QED) is 0.674. The molecule has 1 saturated heterocycles. The molecular weight excluding hydrogens is 241 g/mol. The van der Waals surface area contributed by atoms with Crippen molar-refractivity contribution in [2.45, 2.75) is 12.2 Å². The van der Waals surface area contributed by atoms with Crippen molar-refractivity contribution < 1.29 is 27.8 Å². The van der Waals surface area contributed by atoms with Gasteiger partial charge in [-0.2, -0.15) is 13.2 Å². The molecule has 1 heterocycles. The van der Waals surface area contributed by atoms with Crippen molar-refractivity contribution in [3.05, 3.63) is 0 Å². The van der Waals surface area contributed by atoms with Crippen molar-refractivity contribution in [3.8, 4) is 0 Å². The summed E-state index contributed by atoms with van der Waals surface area (Å²) in [5, 5.41) is 11.8. The van der Waals surface area contributed by atoms with Gasteiger partial charge >= 0.3 is 12.1 Å². The molecule has 0 aromatic carbocycles. The van der Waals surface area contributed by atoms with Gasteiger partial charge in [0.15, 0.2) is 0 Å². The number of alkyl halides is 3.